The second kappa shape index (κ2) is 15.6. The van der Waals surface area contributed by atoms with Crippen LogP contribution in [0.5, 0.6) is 5.19 Å². The van der Waals surface area contributed by atoms with E-state index in [1.54, 1.807) is 0 Å². The third-order valence-electron chi connectivity index (χ3n) is 4.79. The minimum Gasteiger partial charge on any atom is -0.467 e. The van der Waals surface area contributed by atoms with E-state index < -0.39 is 6.10 Å². The van der Waals surface area contributed by atoms with Gasteiger partial charge in [0.05, 0.1) is 6.20 Å². The highest BCUT2D eigenvalue weighted by Gasteiger charge is 2.15. The molecule has 0 aliphatic heterocycles. The van der Waals surface area contributed by atoms with Crippen LogP contribution in [0.2, 0.25) is 0 Å². The van der Waals surface area contributed by atoms with Gasteiger partial charge in [-0.1, -0.05) is 76.0 Å². The molecule has 1 unspecified atom stereocenters. The number of carbonyl (C=O) groups is 1. The van der Waals surface area contributed by atoms with Crippen LogP contribution in [0.25, 0.3) is 0 Å². The lowest BCUT2D eigenvalue weighted by atomic mass is 10.1. The maximum absolute atomic E-state index is 12.2. The molecule has 1 atom stereocenters. The number of hydrogen-bond acceptors (Lipinski definition) is 6. The van der Waals surface area contributed by atoms with Crippen molar-refractivity contribution in [2.24, 2.45) is 0 Å². The highest BCUT2D eigenvalue weighted by molar-refractivity contribution is 7.15. The standard InChI is InChI=1S/C23H43N3O3S/c1-5-6-7-8-9-10-11-12-13-14-15-24-21(28)20-17-25-22(30-20)29-18-19(27)16-26-23(2,3)4/h17,19,26-27H,5-16,18H2,1-4H3,(H,24,28). The van der Waals surface area contributed by atoms with Crippen LogP contribution >= 0.6 is 11.3 Å². The number of amides is 1. The molecule has 30 heavy (non-hydrogen) atoms. The Hall–Kier alpha value is -1.18. The average Bonchev–Trinajstić information content (AvgIpc) is 3.17. The first kappa shape index (κ1) is 26.9. The predicted octanol–water partition coefficient (Wildman–Crippen LogP) is 4.92. The molecule has 0 aliphatic rings. The number of aliphatic hydroxyl groups is 1. The summed E-state index contributed by atoms with van der Waals surface area (Å²) in [6.45, 7) is 9.67. The van der Waals surface area contributed by atoms with E-state index in [0.29, 0.717) is 23.2 Å². The molecule has 1 aromatic rings. The molecule has 6 nitrogen and oxygen atoms in total. The van der Waals surface area contributed by atoms with E-state index in [1.165, 1.54) is 68.9 Å². The van der Waals surface area contributed by atoms with E-state index in [4.69, 9.17) is 4.74 Å². The number of nitrogens with one attached hydrogen (secondary N) is 2. The van der Waals surface area contributed by atoms with Crippen LogP contribution in [-0.2, 0) is 0 Å². The summed E-state index contributed by atoms with van der Waals surface area (Å²) in [6, 6.07) is 0. The first-order chi connectivity index (χ1) is 14.3. The Morgan fingerprint density at radius 2 is 1.70 bits per heavy atom. The second-order valence-electron chi connectivity index (χ2n) is 9.02. The van der Waals surface area contributed by atoms with Gasteiger partial charge in [0.15, 0.2) is 0 Å². The van der Waals surface area contributed by atoms with Crippen molar-refractivity contribution < 1.29 is 14.6 Å². The van der Waals surface area contributed by atoms with Crippen LogP contribution in [0.3, 0.4) is 0 Å². The maximum Gasteiger partial charge on any atom is 0.273 e. The lowest BCUT2D eigenvalue weighted by Gasteiger charge is -2.22. The van der Waals surface area contributed by atoms with E-state index in [1.807, 2.05) is 20.8 Å². The van der Waals surface area contributed by atoms with Gasteiger partial charge >= 0.3 is 0 Å². The Morgan fingerprint density at radius 1 is 1.10 bits per heavy atom. The molecule has 0 radical (unpaired) electrons. The summed E-state index contributed by atoms with van der Waals surface area (Å²) in [7, 11) is 0. The monoisotopic (exact) mass is 441 g/mol. The molecule has 1 amide bonds. The predicted molar refractivity (Wildman–Crippen MR) is 126 cm³/mol. The molecule has 0 bridgehead atoms. The Bertz CT molecular complexity index is 572. The van der Waals surface area contributed by atoms with Crippen molar-refractivity contribution >= 4 is 17.2 Å². The van der Waals surface area contributed by atoms with Gasteiger partial charge in [0.1, 0.15) is 17.6 Å². The molecule has 1 rings (SSSR count). The highest BCUT2D eigenvalue weighted by atomic mass is 32.1. The molecule has 0 fully saturated rings. The molecule has 0 aliphatic carbocycles. The molecule has 1 heterocycles. The zero-order valence-electron chi connectivity index (χ0n) is 19.5. The Labute approximate surface area is 187 Å². The maximum atomic E-state index is 12.2. The number of unbranched alkanes of at least 4 members (excludes halogenated alkanes) is 9. The van der Waals surface area contributed by atoms with Gasteiger partial charge in [-0.05, 0) is 27.2 Å². The number of thiazole rings is 1. The highest BCUT2D eigenvalue weighted by Crippen LogP contribution is 2.20. The van der Waals surface area contributed by atoms with E-state index in [0.717, 1.165) is 12.8 Å². The third-order valence-corrected chi connectivity index (χ3v) is 5.70. The fraction of sp³-hybridized carbons (Fsp3) is 0.826. The number of carbonyl (C=O) groups excluding carboxylic acids is 1. The fourth-order valence-corrected chi connectivity index (χ4v) is 3.67. The van der Waals surface area contributed by atoms with Gasteiger partial charge in [-0.2, -0.15) is 0 Å². The van der Waals surface area contributed by atoms with Crippen molar-refractivity contribution in [2.75, 3.05) is 19.7 Å². The normalized spacial score (nSPS) is 12.7. The third kappa shape index (κ3) is 13.9. The topological polar surface area (TPSA) is 83.5 Å². The van der Waals surface area contributed by atoms with Gasteiger partial charge in [-0.15, -0.1) is 0 Å². The molecule has 7 heteroatoms. The van der Waals surface area contributed by atoms with Gasteiger partial charge in [0.2, 0.25) is 0 Å². The summed E-state index contributed by atoms with van der Waals surface area (Å²) < 4.78 is 5.51. The first-order valence-electron chi connectivity index (χ1n) is 11.6. The molecule has 1 aromatic heterocycles. The zero-order chi connectivity index (χ0) is 22.2. The fourth-order valence-electron chi connectivity index (χ4n) is 2.98. The van der Waals surface area contributed by atoms with Crippen molar-refractivity contribution in [2.45, 2.75) is 104 Å². The van der Waals surface area contributed by atoms with E-state index in [-0.39, 0.29) is 18.1 Å². The molecule has 3 N–H and O–H groups in total. The first-order valence-corrected chi connectivity index (χ1v) is 12.4. The molecule has 0 aromatic carbocycles. The van der Waals surface area contributed by atoms with Crippen LogP contribution in [0.4, 0.5) is 0 Å². The van der Waals surface area contributed by atoms with Gasteiger partial charge in [0.25, 0.3) is 11.1 Å². The number of rotatable bonds is 17. The van der Waals surface area contributed by atoms with Crippen molar-refractivity contribution in [1.29, 1.82) is 0 Å². The van der Waals surface area contributed by atoms with Crippen molar-refractivity contribution in [3.8, 4) is 5.19 Å². The molecule has 0 spiro atoms. The van der Waals surface area contributed by atoms with E-state index >= 15 is 0 Å². The van der Waals surface area contributed by atoms with Gasteiger partial charge in [-0.3, -0.25) is 4.79 Å². The summed E-state index contributed by atoms with van der Waals surface area (Å²) in [4.78, 5) is 16.9. The average molecular weight is 442 g/mol. The van der Waals surface area contributed by atoms with Crippen LogP contribution in [0.1, 0.15) is 102 Å². The van der Waals surface area contributed by atoms with Crippen LogP contribution < -0.4 is 15.4 Å². The number of aliphatic hydroxyl groups excluding tert-OH is 1. The summed E-state index contributed by atoms with van der Waals surface area (Å²) in [5.74, 6) is -0.103. The smallest absolute Gasteiger partial charge is 0.273 e. The molecule has 174 valence electrons. The van der Waals surface area contributed by atoms with Crippen molar-refractivity contribution in [3.05, 3.63) is 11.1 Å². The van der Waals surface area contributed by atoms with Gasteiger partial charge < -0.3 is 20.5 Å². The quantitative estimate of drug-likeness (QED) is 0.299. The van der Waals surface area contributed by atoms with Crippen LogP contribution in [0.15, 0.2) is 6.20 Å². The molecular formula is C23H43N3O3S. The number of ether oxygens (including phenoxy) is 1. The number of β-amino-alcohol motifs (C(OH)–C–C–N with tert-alkyl or cyclic N) is 1. The van der Waals surface area contributed by atoms with Crippen LogP contribution in [0, 0.1) is 0 Å². The number of hydrogen-bond donors (Lipinski definition) is 3. The zero-order valence-corrected chi connectivity index (χ0v) is 20.3. The number of aromatic nitrogens is 1. The van der Waals surface area contributed by atoms with E-state index in [2.05, 4.69) is 22.5 Å². The summed E-state index contributed by atoms with van der Waals surface area (Å²) in [6.07, 6.45) is 13.7. The Morgan fingerprint density at radius 3 is 2.30 bits per heavy atom. The SMILES string of the molecule is CCCCCCCCCCCCNC(=O)c1cnc(OCC(O)CNC(C)(C)C)s1. The Kier molecular flexibility index (Phi) is 14.0. The largest absolute Gasteiger partial charge is 0.467 e. The van der Waals surface area contributed by atoms with Crippen molar-refractivity contribution in [1.82, 2.24) is 15.6 Å². The minimum absolute atomic E-state index is 0.0539. The van der Waals surface area contributed by atoms with Crippen molar-refractivity contribution in [3.63, 3.8) is 0 Å². The summed E-state index contributed by atoms with van der Waals surface area (Å²) >= 11 is 1.21. The Balaban J connectivity index is 2.08. The lowest BCUT2D eigenvalue weighted by molar-refractivity contribution is 0.0956. The number of nitrogens with zero attached hydrogens (tertiary/aromatic N) is 1. The van der Waals surface area contributed by atoms with Crippen LogP contribution in [-0.4, -0.2) is 47.3 Å². The minimum atomic E-state index is -0.623. The van der Waals surface area contributed by atoms with E-state index in [9.17, 15) is 9.90 Å². The summed E-state index contributed by atoms with van der Waals surface area (Å²) in [5.41, 5.74) is -0.0539. The molecular weight excluding hydrogens is 398 g/mol. The van der Waals surface area contributed by atoms with Gasteiger partial charge in [-0.25, -0.2) is 4.98 Å². The molecule has 0 saturated heterocycles. The van der Waals surface area contributed by atoms with Gasteiger partial charge in [0, 0.05) is 18.6 Å². The second-order valence-corrected chi connectivity index (χ2v) is 10.0. The lowest BCUT2D eigenvalue weighted by Crippen LogP contribution is -2.42. The molecule has 0 saturated carbocycles. The summed E-state index contributed by atoms with van der Waals surface area (Å²) in [5, 5.41) is 16.6.